The van der Waals surface area contributed by atoms with Crippen molar-refractivity contribution in [3.05, 3.63) is 0 Å². The molecule has 0 radical (unpaired) electrons. The van der Waals surface area contributed by atoms with Gasteiger partial charge in [0.05, 0.1) is 0 Å². The molecule has 0 bridgehead atoms. The summed E-state index contributed by atoms with van der Waals surface area (Å²) < 4.78 is 0. The molecule has 0 rings (SSSR count). The summed E-state index contributed by atoms with van der Waals surface area (Å²) in [6, 6.07) is 0. The fraction of sp³-hybridized carbons (Fsp3) is 0. The first kappa shape index (κ1) is 152. The van der Waals surface area contributed by atoms with Gasteiger partial charge < -0.3 is 9.99 Å². The SMILES string of the molecule is Cl.Cl.Cl.Cl.Cl.Cl.Cl.Cl.[H-].[H-].[H-].[H-].[H-].[H-].[H-].[Na+].[Na+].[Na+].[Na+].[Na+].[Na+].[Na+]. The third-order valence-corrected chi connectivity index (χ3v) is 0. The largest absolute Gasteiger partial charge is 1.00 e. The second kappa shape index (κ2) is 134. The predicted octanol–water partition coefficient (Wildman–Crippen LogP) is -16.8. The number of hydrogen-bond acceptors (Lipinski definition) is 0. The predicted molar refractivity (Wildman–Crippen MR) is 65.8 cm³/mol. The molecule has 0 saturated carbocycles. The van der Waals surface area contributed by atoms with Gasteiger partial charge in [-0.05, 0) is 0 Å². The molecule has 0 aliphatic carbocycles. The van der Waals surface area contributed by atoms with Crippen molar-refractivity contribution in [1.29, 1.82) is 0 Å². The van der Waals surface area contributed by atoms with E-state index in [1.165, 1.54) is 0 Å². The van der Waals surface area contributed by atoms with Crippen molar-refractivity contribution in [2.75, 3.05) is 0 Å². The molecule has 0 heterocycles. The molecule has 0 nitrogen and oxygen atoms in total. The Balaban J connectivity index is 0. The zero-order valence-corrected chi connectivity index (χ0v) is 30.8. The molecular weight excluding hydrogens is 445 g/mol. The smallest absolute Gasteiger partial charge is 1.00 e. The summed E-state index contributed by atoms with van der Waals surface area (Å²) in [7, 11) is 0. The van der Waals surface area contributed by atoms with E-state index in [1.54, 1.807) is 0 Å². The molecular formula is H15Cl8Na7. The Morgan fingerprint density at radius 1 is 0.200 bits per heavy atom. The van der Waals surface area contributed by atoms with Gasteiger partial charge in [-0.2, -0.15) is 0 Å². The molecule has 0 amide bonds. The van der Waals surface area contributed by atoms with Crippen LogP contribution in [0.1, 0.15) is 9.99 Å². The standard InChI is InChI=1S/8ClH.7Na.7H/h8*1H;;;;;;;;;;;;;;/q;;;;;;;;7*+1;7*-1. The van der Waals surface area contributed by atoms with Crippen molar-refractivity contribution < 1.29 is 217 Å². The molecule has 0 aromatic heterocycles. The Hall–Kier alpha value is 9.32. The van der Waals surface area contributed by atoms with Crippen molar-refractivity contribution in [1.82, 2.24) is 0 Å². The van der Waals surface area contributed by atoms with E-state index < -0.39 is 0 Å². The monoisotopic (exact) mass is 456 g/mol. The fourth-order valence-corrected chi connectivity index (χ4v) is 0. The Morgan fingerprint density at radius 3 is 0.200 bits per heavy atom. The van der Waals surface area contributed by atoms with Crippen LogP contribution in [0.5, 0.6) is 0 Å². The average Bonchev–Trinajstić information content (AvgIpc) is 0. The normalized spacial score (nSPS) is 0. The molecule has 15 heavy (non-hydrogen) atoms. The van der Waals surface area contributed by atoms with Gasteiger partial charge in [-0.15, -0.1) is 99.3 Å². The molecule has 0 aromatic carbocycles. The van der Waals surface area contributed by atoms with Gasteiger partial charge in [0.15, 0.2) is 0 Å². The minimum Gasteiger partial charge on any atom is -1.00 e. The molecule has 0 atom stereocenters. The fourth-order valence-electron chi connectivity index (χ4n) is 0. The van der Waals surface area contributed by atoms with Gasteiger partial charge in [-0.3, -0.25) is 0 Å². The Labute approximate surface area is 308 Å². The van der Waals surface area contributed by atoms with Gasteiger partial charge in [0.2, 0.25) is 0 Å². The summed E-state index contributed by atoms with van der Waals surface area (Å²) >= 11 is 0. The van der Waals surface area contributed by atoms with E-state index >= 15 is 0 Å². The quantitative estimate of drug-likeness (QED) is 0.316. The third kappa shape index (κ3) is 122. The van der Waals surface area contributed by atoms with Crippen LogP contribution in [0.25, 0.3) is 0 Å². The molecule has 0 saturated heterocycles. The summed E-state index contributed by atoms with van der Waals surface area (Å²) in [5.74, 6) is 0. The molecule has 78 valence electrons. The first-order valence-corrected chi connectivity index (χ1v) is 0. The molecule has 0 aliphatic rings. The number of hydrogen-bond donors (Lipinski definition) is 0. The third-order valence-electron chi connectivity index (χ3n) is 0. The van der Waals surface area contributed by atoms with E-state index in [9.17, 15) is 0 Å². The topological polar surface area (TPSA) is 0 Å². The average molecular weight is 460 g/mol. The van der Waals surface area contributed by atoms with Crippen molar-refractivity contribution >= 4 is 99.3 Å². The first-order valence-electron chi connectivity index (χ1n) is 0. The van der Waals surface area contributed by atoms with Crippen LogP contribution >= 0.6 is 99.3 Å². The van der Waals surface area contributed by atoms with Gasteiger partial charge in [-0.1, -0.05) is 0 Å². The van der Waals surface area contributed by atoms with Gasteiger partial charge in [0, 0.05) is 0 Å². The van der Waals surface area contributed by atoms with E-state index in [0.29, 0.717) is 0 Å². The van der Waals surface area contributed by atoms with E-state index in [-0.39, 0.29) is 316 Å². The van der Waals surface area contributed by atoms with Crippen LogP contribution in [0, 0.1) is 0 Å². The molecule has 0 aromatic rings. The summed E-state index contributed by atoms with van der Waals surface area (Å²) in [6.07, 6.45) is 0. The zero-order valence-electron chi connectivity index (χ0n) is 17.3. The van der Waals surface area contributed by atoms with E-state index in [0.717, 1.165) is 0 Å². The van der Waals surface area contributed by atoms with Crippen molar-refractivity contribution in [3.8, 4) is 0 Å². The van der Waals surface area contributed by atoms with Crippen molar-refractivity contribution in [2.45, 2.75) is 0 Å². The molecule has 0 N–H and O–H groups in total. The minimum absolute atomic E-state index is 0. The summed E-state index contributed by atoms with van der Waals surface area (Å²) in [5, 5.41) is 0. The van der Waals surface area contributed by atoms with Crippen LogP contribution in [0.15, 0.2) is 0 Å². The maximum Gasteiger partial charge on any atom is 1.00 e. The second-order valence-corrected chi connectivity index (χ2v) is 0. The zero-order chi connectivity index (χ0) is 0. The first-order chi connectivity index (χ1) is 0. The van der Waals surface area contributed by atoms with Crippen LogP contribution in [0.2, 0.25) is 0 Å². The molecule has 15 heteroatoms. The Bertz CT molecular complexity index is 34.8. The van der Waals surface area contributed by atoms with Gasteiger partial charge in [0.25, 0.3) is 0 Å². The van der Waals surface area contributed by atoms with Crippen LogP contribution in [-0.2, 0) is 0 Å². The van der Waals surface area contributed by atoms with Crippen molar-refractivity contribution in [3.63, 3.8) is 0 Å². The molecule has 0 fully saturated rings. The van der Waals surface area contributed by atoms with Crippen LogP contribution in [0.4, 0.5) is 0 Å². The number of halogens is 8. The van der Waals surface area contributed by atoms with Crippen LogP contribution < -0.4 is 207 Å². The van der Waals surface area contributed by atoms with Crippen LogP contribution in [0.3, 0.4) is 0 Å². The van der Waals surface area contributed by atoms with Gasteiger partial charge >= 0.3 is 207 Å². The summed E-state index contributed by atoms with van der Waals surface area (Å²) in [5.41, 5.74) is 0. The molecule has 0 aliphatic heterocycles. The second-order valence-electron chi connectivity index (χ2n) is 0. The van der Waals surface area contributed by atoms with E-state index in [1.807, 2.05) is 0 Å². The van der Waals surface area contributed by atoms with Crippen LogP contribution in [-0.4, -0.2) is 0 Å². The summed E-state index contributed by atoms with van der Waals surface area (Å²) in [4.78, 5) is 0. The van der Waals surface area contributed by atoms with Crippen molar-refractivity contribution in [2.24, 2.45) is 0 Å². The van der Waals surface area contributed by atoms with E-state index in [4.69, 9.17) is 0 Å². The summed E-state index contributed by atoms with van der Waals surface area (Å²) in [6.45, 7) is 0. The van der Waals surface area contributed by atoms with E-state index in [2.05, 4.69) is 0 Å². The molecule has 0 spiro atoms. The maximum atomic E-state index is 0. The Kier molecular flexibility index (Phi) is 1360. The molecule has 0 unspecified atom stereocenters. The maximum absolute atomic E-state index is 0. The van der Waals surface area contributed by atoms with Gasteiger partial charge in [0.1, 0.15) is 0 Å². The minimum atomic E-state index is 0. The Morgan fingerprint density at radius 2 is 0.200 bits per heavy atom. The number of rotatable bonds is 0. The van der Waals surface area contributed by atoms with Gasteiger partial charge in [-0.25, -0.2) is 0 Å².